The first-order valence-corrected chi connectivity index (χ1v) is 6.73. The van der Waals surface area contributed by atoms with Crippen molar-refractivity contribution < 1.29 is 19.6 Å². The second kappa shape index (κ2) is 6.09. The van der Waals surface area contributed by atoms with Crippen molar-refractivity contribution in [2.24, 2.45) is 5.92 Å². The van der Waals surface area contributed by atoms with Gasteiger partial charge in [-0.2, -0.15) is 0 Å². The molecule has 1 unspecified atom stereocenters. The highest BCUT2D eigenvalue weighted by Crippen LogP contribution is 2.34. The minimum absolute atomic E-state index is 0.114. The number of benzene rings is 1. The molecule has 0 aromatic heterocycles. The van der Waals surface area contributed by atoms with E-state index in [1.165, 1.54) is 12.1 Å². The van der Waals surface area contributed by atoms with Gasteiger partial charge in [0.05, 0.1) is 11.3 Å². The van der Waals surface area contributed by atoms with E-state index in [2.05, 4.69) is 5.32 Å². The van der Waals surface area contributed by atoms with Gasteiger partial charge in [-0.25, -0.2) is 0 Å². The van der Waals surface area contributed by atoms with Crippen LogP contribution in [0, 0.1) is 16.0 Å². The number of amides is 1. The molecule has 0 spiro atoms. The molecule has 0 bridgehead atoms. The fourth-order valence-corrected chi connectivity index (χ4v) is 2.29. The summed E-state index contributed by atoms with van der Waals surface area (Å²) in [6.45, 7) is 0. The zero-order chi connectivity index (χ0) is 15.6. The van der Waals surface area contributed by atoms with Gasteiger partial charge < -0.3 is 10.4 Å². The first-order chi connectivity index (χ1) is 9.88. The zero-order valence-electron chi connectivity index (χ0n) is 10.9. The van der Waals surface area contributed by atoms with Crippen LogP contribution in [0.3, 0.4) is 0 Å². The first kappa shape index (κ1) is 15.2. The SMILES string of the molecule is O=C(O)CC(NC(=O)c1cc(Cl)ccc1[N+](=O)[O-])C1CC1. The van der Waals surface area contributed by atoms with Crippen LogP contribution in [0.15, 0.2) is 18.2 Å². The van der Waals surface area contributed by atoms with Gasteiger partial charge in [-0.3, -0.25) is 19.7 Å². The standard InChI is InChI=1S/C13H13ClN2O5/c14-8-3-4-11(16(20)21)9(5-8)13(19)15-10(6-12(17)18)7-1-2-7/h3-5,7,10H,1-2,6H2,(H,15,19)(H,17,18). The topological polar surface area (TPSA) is 110 Å². The van der Waals surface area contributed by atoms with Crippen molar-refractivity contribution >= 4 is 29.2 Å². The summed E-state index contributed by atoms with van der Waals surface area (Å²) in [7, 11) is 0. The van der Waals surface area contributed by atoms with Crippen LogP contribution in [0.1, 0.15) is 29.6 Å². The fraction of sp³-hybridized carbons (Fsp3) is 0.385. The van der Waals surface area contributed by atoms with Crippen LogP contribution in [-0.2, 0) is 4.79 Å². The maximum Gasteiger partial charge on any atom is 0.305 e. The highest BCUT2D eigenvalue weighted by Gasteiger charge is 2.34. The maximum atomic E-state index is 12.2. The number of nitrogens with one attached hydrogen (secondary N) is 1. The van der Waals surface area contributed by atoms with Gasteiger partial charge in [0.15, 0.2) is 0 Å². The van der Waals surface area contributed by atoms with E-state index in [9.17, 15) is 19.7 Å². The maximum absolute atomic E-state index is 12.2. The molecular formula is C13H13ClN2O5. The number of halogens is 1. The Balaban J connectivity index is 2.20. The molecule has 1 aliphatic carbocycles. The monoisotopic (exact) mass is 312 g/mol. The number of hydrogen-bond acceptors (Lipinski definition) is 4. The Kier molecular flexibility index (Phi) is 4.42. The smallest absolute Gasteiger partial charge is 0.305 e. The Morgan fingerprint density at radius 2 is 2.14 bits per heavy atom. The van der Waals surface area contributed by atoms with E-state index < -0.39 is 22.8 Å². The summed E-state index contributed by atoms with van der Waals surface area (Å²) in [4.78, 5) is 33.3. The third kappa shape index (κ3) is 3.91. The summed E-state index contributed by atoms with van der Waals surface area (Å²) in [5.41, 5.74) is -0.523. The number of nitrogens with zero attached hydrogens (tertiary/aromatic N) is 1. The molecule has 1 aliphatic rings. The predicted octanol–water partition coefficient (Wildman–Crippen LogP) is 2.23. The first-order valence-electron chi connectivity index (χ1n) is 6.35. The number of carbonyl (C=O) groups is 2. The normalized spacial score (nSPS) is 15.3. The molecule has 1 amide bonds. The number of hydrogen-bond donors (Lipinski definition) is 2. The number of rotatable bonds is 6. The molecule has 7 nitrogen and oxygen atoms in total. The Hall–Kier alpha value is -2.15. The minimum Gasteiger partial charge on any atom is -0.481 e. The van der Waals surface area contributed by atoms with Crippen molar-refractivity contribution in [2.75, 3.05) is 0 Å². The van der Waals surface area contributed by atoms with E-state index in [0.717, 1.165) is 18.9 Å². The molecule has 1 aromatic carbocycles. The minimum atomic E-state index is -1.02. The largest absolute Gasteiger partial charge is 0.481 e. The Morgan fingerprint density at radius 1 is 1.48 bits per heavy atom. The van der Waals surface area contributed by atoms with Gasteiger partial charge in [-0.1, -0.05) is 11.6 Å². The quantitative estimate of drug-likeness (QED) is 0.618. The van der Waals surface area contributed by atoms with Crippen molar-refractivity contribution in [3.05, 3.63) is 38.9 Å². The van der Waals surface area contributed by atoms with Gasteiger partial charge in [-0.05, 0) is 30.9 Å². The van der Waals surface area contributed by atoms with E-state index in [4.69, 9.17) is 16.7 Å². The molecule has 0 saturated heterocycles. The van der Waals surface area contributed by atoms with Crippen molar-refractivity contribution in [2.45, 2.75) is 25.3 Å². The summed E-state index contributed by atoms with van der Waals surface area (Å²) in [5.74, 6) is -1.58. The Bertz CT molecular complexity index is 600. The molecule has 0 heterocycles. The van der Waals surface area contributed by atoms with Crippen molar-refractivity contribution in [1.82, 2.24) is 5.32 Å². The third-order valence-electron chi connectivity index (χ3n) is 3.30. The van der Waals surface area contributed by atoms with Crippen molar-refractivity contribution in [3.8, 4) is 0 Å². The Morgan fingerprint density at radius 3 is 2.67 bits per heavy atom. The van der Waals surface area contributed by atoms with E-state index in [0.29, 0.717) is 0 Å². The van der Waals surface area contributed by atoms with Crippen LogP contribution in [0.25, 0.3) is 0 Å². The number of carboxylic acid groups (broad SMARTS) is 1. The summed E-state index contributed by atoms with van der Waals surface area (Å²) in [5, 5.41) is 22.6. The number of carbonyl (C=O) groups excluding carboxylic acids is 1. The van der Waals surface area contributed by atoms with E-state index in [-0.39, 0.29) is 28.6 Å². The molecule has 2 N–H and O–H groups in total. The van der Waals surface area contributed by atoms with Gasteiger partial charge >= 0.3 is 5.97 Å². The van der Waals surface area contributed by atoms with E-state index in [1.807, 2.05) is 0 Å². The summed E-state index contributed by atoms with van der Waals surface area (Å²) < 4.78 is 0. The van der Waals surface area contributed by atoms with Gasteiger partial charge in [0.25, 0.3) is 11.6 Å². The molecule has 21 heavy (non-hydrogen) atoms. The average molecular weight is 313 g/mol. The van der Waals surface area contributed by atoms with Crippen LogP contribution < -0.4 is 5.32 Å². The number of carboxylic acids is 1. The van der Waals surface area contributed by atoms with Gasteiger partial charge in [0.1, 0.15) is 5.56 Å². The average Bonchev–Trinajstić information content (AvgIpc) is 3.21. The molecule has 1 fully saturated rings. The third-order valence-corrected chi connectivity index (χ3v) is 3.54. The van der Waals surface area contributed by atoms with Crippen LogP contribution in [0.4, 0.5) is 5.69 Å². The second-order valence-corrected chi connectivity index (χ2v) is 5.37. The summed E-state index contributed by atoms with van der Waals surface area (Å²) >= 11 is 5.76. The molecule has 1 atom stereocenters. The second-order valence-electron chi connectivity index (χ2n) is 4.93. The van der Waals surface area contributed by atoms with E-state index in [1.54, 1.807) is 0 Å². The highest BCUT2D eigenvalue weighted by molar-refractivity contribution is 6.31. The van der Waals surface area contributed by atoms with Crippen LogP contribution in [0.5, 0.6) is 0 Å². The van der Waals surface area contributed by atoms with Gasteiger partial charge in [-0.15, -0.1) is 0 Å². The fourth-order valence-electron chi connectivity index (χ4n) is 2.12. The van der Waals surface area contributed by atoms with Crippen LogP contribution in [-0.4, -0.2) is 27.9 Å². The molecule has 1 saturated carbocycles. The van der Waals surface area contributed by atoms with E-state index >= 15 is 0 Å². The van der Waals surface area contributed by atoms with Crippen LogP contribution >= 0.6 is 11.6 Å². The predicted molar refractivity (Wildman–Crippen MR) is 74.3 cm³/mol. The molecule has 8 heteroatoms. The molecule has 0 aliphatic heterocycles. The number of nitro benzene ring substituents is 1. The number of aliphatic carboxylic acids is 1. The molecule has 2 rings (SSSR count). The lowest BCUT2D eigenvalue weighted by Crippen LogP contribution is -2.38. The van der Waals surface area contributed by atoms with Crippen molar-refractivity contribution in [3.63, 3.8) is 0 Å². The highest BCUT2D eigenvalue weighted by atomic mass is 35.5. The Labute approximate surface area is 125 Å². The summed E-state index contributed by atoms with van der Waals surface area (Å²) in [6.07, 6.45) is 1.48. The molecular weight excluding hydrogens is 300 g/mol. The molecule has 112 valence electrons. The summed E-state index contributed by atoms with van der Waals surface area (Å²) in [6, 6.07) is 3.17. The number of nitro groups is 1. The lowest BCUT2D eigenvalue weighted by molar-refractivity contribution is -0.385. The van der Waals surface area contributed by atoms with Crippen molar-refractivity contribution in [1.29, 1.82) is 0 Å². The lowest BCUT2D eigenvalue weighted by Gasteiger charge is -2.16. The zero-order valence-corrected chi connectivity index (χ0v) is 11.7. The molecule has 0 radical (unpaired) electrons. The van der Waals surface area contributed by atoms with Crippen LogP contribution in [0.2, 0.25) is 5.02 Å². The van der Waals surface area contributed by atoms with Gasteiger partial charge in [0.2, 0.25) is 0 Å². The van der Waals surface area contributed by atoms with Gasteiger partial charge in [0, 0.05) is 17.1 Å². The lowest BCUT2D eigenvalue weighted by atomic mass is 10.1. The molecule has 1 aromatic rings.